The summed E-state index contributed by atoms with van der Waals surface area (Å²) in [5.74, 6) is -2.64. The number of nitrogens with zero attached hydrogens (tertiary/aromatic N) is 5. The van der Waals surface area contributed by atoms with Crippen molar-refractivity contribution in [3.05, 3.63) is 74.8 Å². The van der Waals surface area contributed by atoms with Crippen molar-refractivity contribution in [3.63, 3.8) is 0 Å². The number of ether oxygens (including phenoxy) is 2. The predicted molar refractivity (Wildman–Crippen MR) is 153 cm³/mol. The third kappa shape index (κ3) is 6.44. The Kier molecular flexibility index (Phi) is 8.62. The lowest BCUT2D eigenvalue weighted by molar-refractivity contribution is -0.388. The first-order valence-corrected chi connectivity index (χ1v) is 14.7. The largest absolute Gasteiger partial charge is 0.494 e. The van der Waals surface area contributed by atoms with E-state index in [1.165, 1.54) is 0 Å². The number of carbonyl (C=O) groups is 1. The van der Waals surface area contributed by atoms with E-state index in [1.807, 2.05) is 0 Å². The molecular formula is C22H20N8O13S2. The molecule has 1 aliphatic rings. The first kappa shape index (κ1) is 32.1. The van der Waals surface area contributed by atoms with Gasteiger partial charge >= 0.3 is 26.1 Å². The van der Waals surface area contributed by atoms with Gasteiger partial charge < -0.3 is 9.47 Å². The molecule has 3 aromatic carbocycles. The molecule has 0 radical (unpaired) electrons. The fourth-order valence-electron chi connectivity index (χ4n) is 3.95. The van der Waals surface area contributed by atoms with E-state index in [9.17, 15) is 51.0 Å². The van der Waals surface area contributed by atoms with Gasteiger partial charge in [-0.2, -0.15) is 27.5 Å². The predicted octanol–water partition coefficient (Wildman–Crippen LogP) is 1.22. The Morgan fingerprint density at radius 2 is 1.36 bits per heavy atom. The highest BCUT2D eigenvalue weighted by Crippen LogP contribution is 2.43. The van der Waals surface area contributed by atoms with Crippen molar-refractivity contribution in [1.29, 1.82) is 0 Å². The van der Waals surface area contributed by atoms with Gasteiger partial charge in [-0.15, -0.1) is 5.10 Å². The zero-order valence-electron chi connectivity index (χ0n) is 22.6. The third-order valence-electron chi connectivity index (χ3n) is 5.87. The molecule has 21 nitrogen and oxygen atoms in total. The van der Waals surface area contributed by atoms with E-state index in [0.717, 1.165) is 19.2 Å². The lowest BCUT2D eigenvalue weighted by Crippen LogP contribution is -2.51. The maximum absolute atomic E-state index is 13.4. The van der Waals surface area contributed by atoms with E-state index < -0.39 is 85.9 Å². The van der Waals surface area contributed by atoms with E-state index in [0.29, 0.717) is 35.1 Å². The molecule has 0 saturated heterocycles. The Hall–Kier alpha value is -5.78. The molecule has 4 rings (SSSR count). The normalized spacial score (nSPS) is 13.0. The molecule has 0 aromatic heterocycles. The van der Waals surface area contributed by atoms with Crippen LogP contribution in [0.5, 0.6) is 11.5 Å². The number of rotatable bonds is 11. The summed E-state index contributed by atoms with van der Waals surface area (Å²) in [6.45, 7) is 0. The van der Waals surface area contributed by atoms with Crippen molar-refractivity contribution in [2.24, 2.45) is 5.10 Å². The summed E-state index contributed by atoms with van der Waals surface area (Å²) >= 11 is 0. The highest BCUT2D eigenvalue weighted by molar-refractivity contribution is 7.86. The van der Waals surface area contributed by atoms with Gasteiger partial charge in [0, 0.05) is 0 Å². The molecule has 1 amide bonds. The number of para-hydroxylation sites is 1. The van der Waals surface area contributed by atoms with Gasteiger partial charge in [0.05, 0.1) is 41.9 Å². The third-order valence-corrected chi connectivity index (χ3v) is 7.64. The van der Waals surface area contributed by atoms with Gasteiger partial charge in [-0.25, -0.2) is 5.01 Å². The smallest absolute Gasteiger partial charge is 0.309 e. The van der Waals surface area contributed by atoms with E-state index >= 15 is 0 Å². The van der Waals surface area contributed by atoms with Crippen molar-refractivity contribution < 1.29 is 50.1 Å². The second-order valence-corrected chi connectivity index (χ2v) is 11.3. The summed E-state index contributed by atoms with van der Waals surface area (Å²) in [7, 11) is -8.51. The number of hydrogen-bond acceptors (Lipinski definition) is 16. The summed E-state index contributed by atoms with van der Waals surface area (Å²) in [6.07, 6.45) is 0. The lowest BCUT2D eigenvalue weighted by atomic mass is 10.2. The Bertz CT molecular complexity index is 1950. The van der Waals surface area contributed by atoms with E-state index in [-0.39, 0.29) is 0 Å². The molecule has 0 atom stereocenters. The number of amidine groups is 1. The van der Waals surface area contributed by atoms with Crippen molar-refractivity contribution in [3.8, 4) is 11.5 Å². The molecule has 0 saturated carbocycles. The van der Waals surface area contributed by atoms with Crippen molar-refractivity contribution in [1.82, 2.24) is 11.0 Å². The molecule has 3 aromatic rings. The minimum atomic E-state index is -5.30. The fraction of sp³-hybridized carbons (Fsp3) is 0.0909. The van der Waals surface area contributed by atoms with Gasteiger partial charge in [0.1, 0.15) is 11.4 Å². The molecule has 0 unspecified atom stereocenters. The molecule has 1 aliphatic heterocycles. The monoisotopic (exact) mass is 668 g/mol. The quantitative estimate of drug-likeness (QED) is 0.109. The van der Waals surface area contributed by atoms with Crippen LogP contribution in [0.25, 0.3) is 0 Å². The summed E-state index contributed by atoms with van der Waals surface area (Å²) in [4.78, 5) is 31.9. The number of hydrogen-bond donors (Lipinski definition) is 5. The van der Waals surface area contributed by atoms with E-state index in [1.54, 1.807) is 30.3 Å². The molecule has 5 N–H and O–H groups in total. The summed E-state index contributed by atoms with van der Waals surface area (Å²) in [5.41, 5.74) is 4.40. The van der Waals surface area contributed by atoms with Gasteiger partial charge in [0.2, 0.25) is 5.84 Å². The van der Waals surface area contributed by atoms with Crippen LogP contribution < -0.4 is 36.0 Å². The minimum absolute atomic E-state index is 0.400. The minimum Gasteiger partial charge on any atom is -0.494 e. The summed E-state index contributed by atoms with van der Waals surface area (Å²) in [6, 6.07) is 10.5. The molecule has 238 valence electrons. The number of nitro groups is 2. The molecule has 1 heterocycles. The van der Waals surface area contributed by atoms with Crippen molar-refractivity contribution in [2.75, 3.05) is 29.8 Å². The first-order valence-electron chi connectivity index (χ1n) is 11.8. The number of benzene rings is 3. The molecular weight excluding hydrogens is 648 g/mol. The lowest BCUT2D eigenvalue weighted by Gasteiger charge is -2.32. The van der Waals surface area contributed by atoms with Crippen LogP contribution in [-0.4, -0.2) is 61.8 Å². The topological polar surface area (TPSA) is 285 Å². The zero-order valence-corrected chi connectivity index (χ0v) is 24.3. The number of anilines is 3. The van der Waals surface area contributed by atoms with Gasteiger partial charge in [-0.3, -0.25) is 45.0 Å². The molecule has 0 bridgehead atoms. The molecule has 23 heteroatoms. The van der Waals surface area contributed by atoms with Gasteiger partial charge in [0.15, 0.2) is 21.3 Å². The Morgan fingerprint density at radius 3 is 1.82 bits per heavy atom. The van der Waals surface area contributed by atoms with Crippen molar-refractivity contribution >= 4 is 60.4 Å². The number of nitrogens with one attached hydrogen (secondary N) is 3. The van der Waals surface area contributed by atoms with E-state index in [4.69, 9.17) is 9.47 Å². The highest BCUT2D eigenvalue weighted by Gasteiger charge is 2.40. The average molecular weight is 669 g/mol. The highest BCUT2D eigenvalue weighted by atomic mass is 32.2. The summed E-state index contributed by atoms with van der Waals surface area (Å²) < 4.78 is 78.5. The first-order chi connectivity index (χ1) is 21.1. The molecule has 0 aliphatic carbocycles. The maximum atomic E-state index is 13.4. The second kappa shape index (κ2) is 12.1. The number of methoxy groups -OCH3 is 2. The molecule has 45 heavy (non-hydrogen) atoms. The standard InChI is InChI=1S/C22H20N8O13S2/c1-42-17-8-15(29(32)33)19(44(36,37)38)10-13(17)27-21(22(31)25-23-12-6-4-3-5-7-12)24-26-28(27)14-11-20(45(39,40)41)16(30(34)35)9-18(14)43-2/h3-11,23,26H,1-2H3,(H,25,31)(H,36,37,38)(H,39,40,41). The van der Waals surface area contributed by atoms with E-state index in [2.05, 4.69) is 21.5 Å². The number of carbonyl (C=O) groups excluding carboxylic acids is 1. The van der Waals surface area contributed by atoms with Gasteiger partial charge in [-0.1, -0.05) is 18.2 Å². The summed E-state index contributed by atoms with van der Waals surface area (Å²) in [5, 5.41) is 28.5. The maximum Gasteiger partial charge on any atom is 0.309 e. The van der Waals surface area contributed by atoms with Crippen LogP contribution in [0.4, 0.5) is 28.4 Å². The van der Waals surface area contributed by atoms with Crippen LogP contribution >= 0.6 is 0 Å². The van der Waals surface area contributed by atoms with Crippen LogP contribution in [0.3, 0.4) is 0 Å². The van der Waals surface area contributed by atoms with Gasteiger partial charge in [-0.05, 0) is 24.3 Å². The molecule has 0 fully saturated rings. The molecule has 0 spiro atoms. The van der Waals surface area contributed by atoms with Crippen LogP contribution in [0.1, 0.15) is 0 Å². The average Bonchev–Trinajstić information content (AvgIpc) is 3.42. The van der Waals surface area contributed by atoms with Crippen molar-refractivity contribution in [2.45, 2.75) is 9.79 Å². The SMILES string of the molecule is COc1cc([N+](=O)[O-])c(S(=O)(=O)O)cc1N1NN=C(C(=O)NNc2ccccc2)N1c1cc(S(=O)(=O)O)c([N+](=O)[O-])cc1OC. The zero-order chi connectivity index (χ0) is 33.3. The Balaban J connectivity index is 1.98. The fourth-order valence-corrected chi connectivity index (χ4v) is 5.27. The number of amides is 1. The number of nitro benzene ring substituents is 2. The Morgan fingerprint density at radius 1 is 0.867 bits per heavy atom. The second-order valence-electron chi connectivity index (χ2n) is 8.55. The van der Waals surface area contributed by atoms with Gasteiger partial charge in [0.25, 0.3) is 11.4 Å². The van der Waals surface area contributed by atoms with Crippen LogP contribution in [0.15, 0.2) is 69.5 Å². The van der Waals surface area contributed by atoms with Crippen LogP contribution in [0, 0.1) is 20.2 Å². The van der Waals surface area contributed by atoms with Crippen LogP contribution in [0.2, 0.25) is 0 Å². The number of hydrazine groups is 3. The van der Waals surface area contributed by atoms with Crippen LogP contribution in [-0.2, 0) is 25.0 Å². The Labute approximate surface area is 252 Å². The number of hydrazone groups is 1.